The van der Waals surface area contributed by atoms with Crippen LogP contribution in [0.5, 0.6) is 0 Å². The minimum Gasteiger partial charge on any atom is -0.387 e. The third kappa shape index (κ3) is 2.44. The number of rotatable bonds is 3. The van der Waals surface area contributed by atoms with Crippen LogP contribution in [0.1, 0.15) is 25.0 Å². The van der Waals surface area contributed by atoms with Crippen LogP contribution in [0.3, 0.4) is 0 Å². The Kier molecular flexibility index (Phi) is 3.86. The fourth-order valence-corrected chi connectivity index (χ4v) is 1.35. The molecule has 1 aromatic carbocycles. The topological polar surface area (TPSA) is 46.2 Å². The Labute approximate surface area is 87.5 Å². The molecule has 0 fully saturated rings. The van der Waals surface area contributed by atoms with E-state index in [0.29, 0.717) is 11.4 Å². The maximum atomic E-state index is 13.3. The highest BCUT2D eigenvalue weighted by molar-refractivity contribution is 6.30. The highest BCUT2D eigenvalue weighted by atomic mass is 35.5. The average Bonchev–Trinajstić information content (AvgIpc) is 2.15. The zero-order valence-electron chi connectivity index (χ0n) is 7.87. The summed E-state index contributed by atoms with van der Waals surface area (Å²) in [6.07, 6.45) is -0.388. The van der Waals surface area contributed by atoms with Gasteiger partial charge < -0.3 is 10.8 Å². The largest absolute Gasteiger partial charge is 0.387 e. The van der Waals surface area contributed by atoms with Gasteiger partial charge in [0.15, 0.2) is 0 Å². The van der Waals surface area contributed by atoms with E-state index in [9.17, 15) is 9.50 Å². The summed E-state index contributed by atoms with van der Waals surface area (Å²) in [5, 5.41) is 9.96. The lowest BCUT2D eigenvalue weighted by Gasteiger charge is -2.17. The standard InChI is InChI=1S/C10H13ClFNO/c1-2-9(13)10(14)7-4-3-6(11)5-8(7)12/h3-5,9-10,14H,2,13H2,1H3. The average molecular weight is 218 g/mol. The SMILES string of the molecule is CCC(N)C(O)c1ccc(Cl)cc1F. The smallest absolute Gasteiger partial charge is 0.130 e. The van der Waals surface area contributed by atoms with E-state index >= 15 is 0 Å². The van der Waals surface area contributed by atoms with E-state index in [1.54, 1.807) is 0 Å². The fraction of sp³-hybridized carbons (Fsp3) is 0.400. The van der Waals surface area contributed by atoms with Crippen molar-refractivity contribution < 1.29 is 9.50 Å². The van der Waals surface area contributed by atoms with E-state index in [0.717, 1.165) is 0 Å². The molecule has 2 nitrogen and oxygen atoms in total. The van der Waals surface area contributed by atoms with Crippen molar-refractivity contribution in [1.29, 1.82) is 0 Å². The molecule has 0 saturated carbocycles. The Hall–Kier alpha value is -0.640. The molecule has 1 aromatic rings. The molecule has 3 N–H and O–H groups in total. The van der Waals surface area contributed by atoms with Gasteiger partial charge in [0.2, 0.25) is 0 Å². The number of benzene rings is 1. The first kappa shape index (κ1) is 11.4. The van der Waals surface area contributed by atoms with E-state index in [4.69, 9.17) is 17.3 Å². The number of hydrogen-bond acceptors (Lipinski definition) is 2. The van der Waals surface area contributed by atoms with Crippen LogP contribution in [-0.4, -0.2) is 11.1 Å². The minimum absolute atomic E-state index is 0.198. The van der Waals surface area contributed by atoms with E-state index in [2.05, 4.69) is 0 Å². The number of nitrogens with two attached hydrogens (primary N) is 1. The van der Waals surface area contributed by atoms with Crippen LogP contribution < -0.4 is 5.73 Å². The third-order valence-electron chi connectivity index (χ3n) is 2.16. The Morgan fingerprint density at radius 2 is 2.21 bits per heavy atom. The first-order chi connectivity index (χ1) is 6.56. The second kappa shape index (κ2) is 4.73. The predicted molar refractivity (Wildman–Crippen MR) is 54.6 cm³/mol. The summed E-state index contributed by atoms with van der Waals surface area (Å²) in [6.45, 7) is 1.84. The second-order valence-electron chi connectivity index (χ2n) is 3.18. The quantitative estimate of drug-likeness (QED) is 0.816. The van der Waals surface area contributed by atoms with Crippen molar-refractivity contribution in [2.75, 3.05) is 0 Å². The van der Waals surface area contributed by atoms with Crippen LogP contribution in [0.15, 0.2) is 18.2 Å². The minimum atomic E-state index is -0.975. The van der Waals surface area contributed by atoms with Crippen molar-refractivity contribution >= 4 is 11.6 Å². The zero-order valence-corrected chi connectivity index (χ0v) is 8.63. The molecule has 4 heteroatoms. The number of aliphatic hydroxyl groups excluding tert-OH is 1. The number of aliphatic hydroxyl groups is 1. The molecule has 0 radical (unpaired) electrons. The van der Waals surface area contributed by atoms with Crippen molar-refractivity contribution in [3.8, 4) is 0 Å². The van der Waals surface area contributed by atoms with E-state index in [1.807, 2.05) is 6.92 Å². The lowest BCUT2D eigenvalue weighted by Crippen LogP contribution is -2.27. The first-order valence-corrected chi connectivity index (χ1v) is 4.82. The van der Waals surface area contributed by atoms with Gasteiger partial charge in [-0.1, -0.05) is 24.6 Å². The maximum absolute atomic E-state index is 13.3. The van der Waals surface area contributed by atoms with Gasteiger partial charge >= 0.3 is 0 Å². The summed E-state index contributed by atoms with van der Waals surface area (Å²) in [7, 11) is 0. The zero-order chi connectivity index (χ0) is 10.7. The highest BCUT2D eigenvalue weighted by Crippen LogP contribution is 2.23. The van der Waals surface area contributed by atoms with Gasteiger partial charge in [0.25, 0.3) is 0 Å². The molecule has 0 amide bonds. The molecule has 2 unspecified atom stereocenters. The van der Waals surface area contributed by atoms with Crippen LogP contribution in [0.25, 0.3) is 0 Å². The molecule has 0 aliphatic heterocycles. The first-order valence-electron chi connectivity index (χ1n) is 4.44. The summed E-state index contributed by atoms with van der Waals surface area (Å²) in [5.41, 5.74) is 5.80. The van der Waals surface area contributed by atoms with E-state index in [-0.39, 0.29) is 5.56 Å². The Morgan fingerprint density at radius 3 is 2.71 bits per heavy atom. The Balaban J connectivity index is 2.95. The van der Waals surface area contributed by atoms with Gasteiger partial charge in [-0.2, -0.15) is 0 Å². The lowest BCUT2D eigenvalue weighted by molar-refractivity contribution is 0.140. The van der Waals surface area contributed by atoms with Crippen molar-refractivity contribution in [3.63, 3.8) is 0 Å². The summed E-state index contributed by atoms with van der Waals surface area (Å²) in [6, 6.07) is 3.71. The molecular weight excluding hydrogens is 205 g/mol. The highest BCUT2D eigenvalue weighted by Gasteiger charge is 2.18. The van der Waals surface area contributed by atoms with Gasteiger partial charge in [-0.3, -0.25) is 0 Å². The predicted octanol–water partition coefficient (Wildman–Crippen LogP) is 2.25. The molecule has 0 saturated heterocycles. The molecule has 14 heavy (non-hydrogen) atoms. The molecular formula is C10H13ClFNO. The molecule has 1 rings (SSSR count). The third-order valence-corrected chi connectivity index (χ3v) is 2.39. The van der Waals surface area contributed by atoms with Crippen LogP contribution in [-0.2, 0) is 0 Å². The summed E-state index contributed by atoms with van der Waals surface area (Å²) in [5.74, 6) is -0.520. The van der Waals surface area contributed by atoms with Gasteiger partial charge in [-0.05, 0) is 18.6 Å². The van der Waals surface area contributed by atoms with E-state index in [1.165, 1.54) is 18.2 Å². The van der Waals surface area contributed by atoms with Gasteiger partial charge in [-0.25, -0.2) is 4.39 Å². The van der Waals surface area contributed by atoms with Crippen LogP contribution in [0, 0.1) is 5.82 Å². The molecule has 0 heterocycles. The Bertz CT molecular complexity index is 319. The maximum Gasteiger partial charge on any atom is 0.130 e. The van der Waals surface area contributed by atoms with Crippen LogP contribution in [0.2, 0.25) is 5.02 Å². The molecule has 0 spiro atoms. The lowest BCUT2D eigenvalue weighted by atomic mass is 10.0. The molecule has 2 atom stereocenters. The van der Waals surface area contributed by atoms with Gasteiger partial charge in [0.05, 0.1) is 6.10 Å². The van der Waals surface area contributed by atoms with Gasteiger partial charge in [0, 0.05) is 16.6 Å². The summed E-state index contributed by atoms with van der Waals surface area (Å²) in [4.78, 5) is 0. The van der Waals surface area contributed by atoms with Gasteiger partial charge in [-0.15, -0.1) is 0 Å². The molecule has 78 valence electrons. The van der Waals surface area contributed by atoms with Gasteiger partial charge in [0.1, 0.15) is 5.82 Å². The van der Waals surface area contributed by atoms with Crippen LogP contribution in [0.4, 0.5) is 4.39 Å². The molecule has 0 aliphatic carbocycles. The second-order valence-corrected chi connectivity index (χ2v) is 3.62. The molecule has 0 bridgehead atoms. The van der Waals surface area contributed by atoms with Crippen molar-refractivity contribution in [1.82, 2.24) is 0 Å². The molecule has 0 aliphatic rings. The Morgan fingerprint density at radius 1 is 1.57 bits per heavy atom. The summed E-state index contributed by atoms with van der Waals surface area (Å²) >= 11 is 5.58. The van der Waals surface area contributed by atoms with Crippen LogP contribution >= 0.6 is 11.6 Å². The summed E-state index contributed by atoms with van der Waals surface area (Å²) < 4.78 is 13.3. The van der Waals surface area contributed by atoms with Crippen molar-refractivity contribution in [2.45, 2.75) is 25.5 Å². The van der Waals surface area contributed by atoms with Crippen molar-refractivity contribution in [2.24, 2.45) is 5.73 Å². The number of hydrogen-bond donors (Lipinski definition) is 2. The monoisotopic (exact) mass is 217 g/mol. The van der Waals surface area contributed by atoms with Crippen molar-refractivity contribution in [3.05, 3.63) is 34.6 Å². The fourth-order valence-electron chi connectivity index (χ4n) is 1.20. The van der Waals surface area contributed by atoms with E-state index < -0.39 is 18.0 Å². The molecule has 0 aromatic heterocycles. The number of halogens is 2. The normalized spacial score (nSPS) is 15.2.